The molecule has 2 aromatic carbocycles. The molecule has 0 atom stereocenters. The van der Waals surface area contributed by atoms with E-state index in [2.05, 4.69) is 10.3 Å². The van der Waals surface area contributed by atoms with E-state index in [0.29, 0.717) is 28.2 Å². The molecule has 8 heteroatoms. The fourth-order valence-electron chi connectivity index (χ4n) is 3.79. The molecule has 0 aliphatic rings. The highest BCUT2D eigenvalue weighted by Crippen LogP contribution is 2.30. The Kier molecular flexibility index (Phi) is 6.17. The van der Waals surface area contributed by atoms with Gasteiger partial charge in [-0.3, -0.25) is 14.2 Å². The number of anilines is 1. The van der Waals surface area contributed by atoms with Crippen molar-refractivity contribution in [2.75, 3.05) is 19.5 Å². The number of nitrogens with one attached hydrogen (secondary N) is 1. The van der Waals surface area contributed by atoms with Gasteiger partial charge in [0.25, 0.3) is 5.56 Å². The summed E-state index contributed by atoms with van der Waals surface area (Å²) in [5.41, 5.74) is 3.08. The van der Waals surface area contributed by atoms with Crippen LogP contribution in [0.4, 0.5) is 5.69 Å². The van der Waals surface area contributed by atoms with Crippen LogP contribution in [-0.4, -0.2) is 34.2 Å². The third kappa shape index (κ3) is 4.32. The topological polar surface area (TPSA) is 87.4 Å². The van der Waals surface area contributed by atoms with Gasteiger partial charge in [-0.25, -0.2) is 4.98 Å². The third-order valence-corrected chi connectivity index (χ3v) is 5.42. The Bertz CT molecular complexity index is 1360. The van der Waals surface area contributed by atoms with E-state index in [1.165, 1.54) is 7.11 Å². The van der Waals surface area contributed by atoms with E-state index < -0.39 is 0 Å². The second-order valence-electron chi connectivity index (χ2n) is 7.90. The Balaban J connectivity index is 1.73. The van der Waals surface area contributed by atoms with Gasteiger partial charge in [-0.15, -0.1) is 0 Å². The summed E-state index contributed by atoms with van der Waals surface area (Å²) in [4.78, 5) is 30.8. The number of carbonyl (C=O) groups is 1. The molecule has 0 unspecified atom stereocenters. The normalized spacial score (nSPS) is 11.1. The Morgan fingerprint density at radius 3 is 2.45 bits per heavy atom. The van der Waals surface area contributed by atoms with Gasteiger partial charge >= 0.3 is 0 Å². The number of amides is 1. The van der Waals surface area contributed by atoms with E-state index in [-0.39, 0.29) is 24.1 Å². The van der Waals surface area contributed by atoms with Crippen molar-refractivity contribution in [3.63, 3.8) is 0 Å². The van der Waals surface area contributed by atoms with Crippen molar-refractivity contribution in [3.8, 4) is 22.6 Å². The lowest BCUT2D eigenvalue weighted by molar-refractivity contribution is -0.116. The van der Waals surface area contributed by atoms with Gasteiger partial charge in [-0.2, -0.15) is 0 Å². The lowest BCUT2D eigenvalue weighted by atomic mass is 10.1. The monoisotopic (exact) mass is 446 g/mol. The van der Waals surface area contributed by atoms with E-state index >= 15 is 0 Å². The van der Waals surface area contributed by atoms with Crippen LogP contribution in [0.15, 0.2) is 65.8 Å². The molecule has 0 bridgehead atoms. The van der Waals surface area contributed by atoms with Crippen molar-refractivity contribution in [3.05, 3.63) is 71.4 Å². The molecule has 0 radical (unpaired) electrons. The quantitative estimate of drug-likeness (QED) is 0.462. The van der Waals surface area contributed by atoms with Crippen LogP contribution in [0.1, 0.15) is 19.9 Å². The molecule has 1 N–H and O–H groups in total. The Labute approximate surface area is 191 Å². The van der Waals surface area contributed by atoms with Crippen molar-refractivity contribution in [1.82, 2.24) is 14.1 Å². The molecule has 33 heavy (non-hydrogen) atoms. The molecule has 0 aliphatic heterocycles. The fraction of sp³-hybridized carbons (Fsp3) is 0.240. The van der Waals surface area contributed by atoms with Crippen LogP contribution in [0.3, 0.4) is 0 Å². The summed E-state index contributed by atoms with van der Waals surface area (Å²) in [6.45, 7) is 3.80. The van der Waals surface area contributed by atoms with Gasteiger partial charge in [0, 0.05) is 29.6 Å². The number of hydrogen-bond donors (Lipinski definition) is 1. The van der Waals surface area contributed by atoms with Gasteiger partial charge in [0.1, 0.15) is 17.6 Å². The first-order valence-corrected chi connectivity index (χ1v) is 10.6. The molecule has 4 rings (SSSR count). The summed E-state index contributed by atoms with van der Waals surface area (Å²) >= 11 is 0. The van der Waals surface area contributed by atoms with Crippen LogP contribution in [0, 0.1) is 0 Å². The SMILES string of the molecule is COc1ccc(NC(=O)Cn2cc(-c3ccccc3)c3ncn(C(C)C)c(=O)c32)cc1OC. The highest BCUT2D eigenvalue weighted by atomic mass is 16.5. The minimum Gasteiger partial charge on any atom is -0.493 e. The summed E-state index contributed by atoms with van der Waals surface area (Å²) in [7, 11) is 3.09. The molecule has 0 aliphatic carbocycles. The zero-order valence-electron chi connectivity index (χ0n) is 19.0. The van der Waals surface area contributed by atoms with Crippen LogP contribution in [0.2, 0.25) is 0 Å². The lowest BCUT2D eigenvalue weighted by Crippen LogP contribution is -2.26. The van der Waals surface area contributed by atoms with E-state index in [1.54, 1.807) is 40.8 Å². The molecular formula is C25H26N4O4. The lowest BCUT2D eigenvalue weighted by Gasteiger charge is -2.12. The van der Waals surface area contributed by atoms with E-state index in [4.69, 9.17) is 9.47 Å². The van der Waals surface area contributed by atoms with Gasteiger partial charge in [0.15, 0.2) is 11.5 Å². The maximum atomic E-state index is 13.3. The van der Waals surface area contributed by atoms with Crippen LogP contribution in [-0.2, 0) is 11.3 Å². The van der Waals surface area contributed by atoms with E-state index in [1.807, 2.05) is 50.4 Å². The maximum absolute atomic E-state index is 13.3. The molecular weight excluding hydrogens is 420 g/mol. The van der Waals surface area contributed by atoms with Crippen LogP contribution < -0.4 is 20.3 Å². The second-order valence-corrected chi connectivity index (χ2v) is 7.90. The van der Waals surface area contributed by atoms with Crippen molar-refractivity contribution in [2.45, 2.75) is 26.4 Å². The molecule has 0 saturated heterocycles. The summed E-state index contributed by atoms with van der Waals surface area (Å²) in [5, 5.41) is 2.86. The first kappa shape index (κ1) is 22.1. The molecule has 2 heterocycles. The summed E-state index contributed by atoms with van der Waals surface area (Å²) in [6.07, 6.45) is 3.38. The predicted octanol–water partition coefficient (Wildman–Crippen LogP) is 4.10. The van der Waals surface area contributed by atoms with Crippen molar-refractivity contribution in [2.24, 2.45) is 0 Å². The molecule has 0 spiro atoms. The number of benzene rings is 2. The van der Waals surface area contributed by atoms with Gasteiger partial charge in [-0.1, -0.05) is 30.3 Å². The van der Waals surface area contributed by atoms with Gasteiger partial charge < -0.3 is 19.4 Å². The highest BCUT2D eigenvalue weighted by molar-refractivity contribution is 5.95. The Morgan fingerprint density at radius 2 is 1.79 bits per heavy atom. The third-order valence-electron chi connectivity index (χ3n) is 5.42. The van der Waals surface area contributed by atoms with Gasteiger partial charge in [-0.05, 0) is 31.5 Å². The smallest absolute Gasteiger partial charge is 0.278 e. The Hall–Kier alpha value is -4.07. The molecule has 4 aromatic rings. The number of carbonyl (C=O) groups excluding carboxylic acids is 1. The first-order valence-electron chi connectivity index (χ1n) is 10.6. The fourth-order valence-corrected chi connectivity index (χ4v) is 3.79. The summed E-state index contributed by atoms with van der Waals surface area (Å²) in [5.74, 6) is 0.801. The summed E-state index contributed by atoms with van der Waals surface area (Å²) in [6, 6.07) is 14.8. The number of ether oxygens (including phenoxy) is 2. The number of rotatable bonds is 7. The zero-order valence-corrected chi connectivity index (χ0v) is 19.0. The van der Waals surface area contributed by atoms with Crippen molar-refractivity contribution >= 4 is 22.6 Å². The van der Waals surface area contributed by atoms with Crippen LogP contribution >= 0.6 is 0 Å². The number of hydrogen-bond acceptors (Lipinski definition) is 5. The van der Waals surface area contributed by atoms with Crippen LogP contribution in [0.5, 0.6) is 11.5 Å². The molecule has 170 valence electrons. The Morgan fingerprint density at radius 1 is 1.06 bits per heavy atom. The van der Waals surface area contributed by atoms with Crippen molar-refractivity contribution < 1.29 is 14.3 Å². The predicted molar refractivity (Wildman–Crippen MR) is 128 cm³/mol. The second kappa shape index (κ2) is 9.20. The zero-order chi connectivity index (χ0) is 23.5. The first-order chi connectivity index (χ1) is 15.9. The average molecular weight is 447 g/mol. The number of methoxy groups -OCH3 is 2. The van der Waals surface area contributed by atoms with E-state index in [9.17, 15) is 9.59 Å². The van der Waals surface area contributed by atoms with E-state index in [0.717, 1.165) is 11.1 Å². The molecule has 8 nitrogen and oxygen atoms in total. The maximum Gasteiger partial charge on any atom is 0.278 e. The molecule has 0 fully saturated rings. The van der Waals surface area contributed by atoms with Crippen molar-refractivity contribution in [1.29, 1.82) is 0 Å². The minimum atomic E-state index is -0.280. The minimum absolute atomic E-state index is 0.0449. The molecule has 1 amide bonds. The average Bonchev–Trinajstić information content (AvgIpc) is 3.18. The largest absolute Gasteiger partial charge is 0.493 e. The van der Waals surface area contributed by atoms with Gasteiger partial charge in [0.2, 0.25) is 5.91 Å². The number of fused-ring (bicyclic) bond motifs is 1. The van der Waals surface area contributed by atoms with Crippen LogP contribution in [0.25, 0.3) is 22.2 Å². The number of aromatic nitrogens is 3. The number of nitrogens with zero attached hydrogens (tertiary/aromatic N) is 3. The van der Waals surface area contributed by atoms with Gasteiger partial charge in [0.05, 0.1) is 20.5 Å². The summed E-state index contributed by atoms with van der Waals surface area (Å²) < 4.78 is 13.8. The molecule has 0 saturated carbocycles. The standard InChI is InChI=1S/C25H26N4O4/c1-16(2)29-15-26-23-19(17-8-6-5-7-9-17)13-28(24(23)25(29)31)14-22(30)27-18-10-11-20(32-3)21(12-18)33-4/h5-13,15-16H,14H2,1-4H3,(H,27,30). The highest BCUT2D eigenvalue weighted by Gasteiger charge is 2.19. The molecule has 2 aromatic heterocycles.